The summed E-state index contributed by atoms with van der Waals surface area (Å²) in [7, 11) is 1.64. The normalized spacial score (nSPS) is 18.2. The molecule has 1 fully saturated rings. The van der Waals surface area contributed by atoms with E-state index in [0.717, 1.165) is 53.6 Å². The molecule has 2 aromatic carbocycles. The zero-order chi connectivity index (χ0) is 22.8. The summed E-state index contributed by atoms with van der Waals surface area (Å²) in [5, 5.41) is 3.13. The molecule has 33 heavy (non-hydrogen) atoms. The van der Waals surface area contributed by atoms with E-state index in [-0.39, 0.29) is 18.0 Å². The number of para-hydroxylation sites is 1. The van der Waals surface area contributed by atoms with Gasteiger partial charge in [0.05, 0.1) is 12.7 Å². The predicted octanol–water partition coefficient (Wildman–Crippen LogP) is 5.17. The molecule has 0 spiro atoms. The second-order valence-electron chi connectivity index (χ2n) is 8.49. The first-order chi connectivity index (χ1) is 16.1. The van der Waals surface area contributed by atoms with Gasteiger partial charge in [0.1, 0.15) is 17.0 Å². The third kappa shape index (κ3) is 4.22. The second kappa shape index (κ2) is 9.08. The average Bonchev–Trinajstić information content (AvgIpc) is 3.30. The van der Waals surface area contributed by atoms with Gasteiger partial charge in [-0.2, -0.15) is 0 Å². The molecular weight excluding hydrogens is 414 g/mol. The molecule has 2 aromatic heterocycles. The number of benzene rings is 2. The molecule has 6 heteroatoms. The lowest BCUT2D eigenvalue weighted by Crippen LogP contribution is -2.49. The summed E-state index contributed by atoms with van der Waals surface area (Å²) in [6.45, 7) is 0. The van der Waals surface area contributed by atoms with E-state index < -0.39 is 0 Å². The maximum Gasteiger partial charge on any atom is 0.251 e. The number of ether oxygens (including phenoxy) is 1. The highest BCUT2D eigenvalue weighted by Gasteiger charge is 2.24. The van der Waals surface area contributed by atoms with Crippen LogP contribution in [0.5, 0.6) is 5.75 Å². The Bertz CT molecular complexity index is 1300. The van der Waals surface area contributed by atoms with Crippen LogP contribution in [0.2, 0.25) is 0 Å². The zero-order valence-corrected chi connectivity index (χ0v) is 18.6. The first-order valence-electron chi connectivity index (χ1n) is 11.3. The van der Waals surface area contributed by atoms with Gasteiger partial charge in [0.25, 0.3) is 5.91 Å². The molecule has 0 bridgehead atoms. The molecule has 0 aliphatic heterocycles. The molecule has 5 rings (SSSR count). The number of carbonyl (C=O) groups is 1. The summed E-state index contributed by atoms with van der Waals surface area (Å²) in [5.74, 6) is 1.32. The minimum Gasteiger partial charge on any atom is -0.496 e. The van der Waals surface area contributed by atoms with Gasteiger partial charge in [0.15, 0.2) is 5.58 Å². The van der Waals surface area contributed by atoms with E-state index in [4.69, 9.17) is 14.9 Å². The van der Waals surface area contributed by atoms with E-state index in [1.165, 1.54) is 0 Å². The monoisotopic (exact) mass is 441 g/mol. The number of carbonyl (C=O) groups excluding carboxylic acids is 1. The minimum absolute atomic E-state index is 0.0159. The Balaban J connectivity index is 1.48. The summed E-state index contributed by atoms with van der Waals surface area (Å²) >= 11 is 0. The van der Waals surface area contributed by atoms with Gasteiger partial charge in [-0.05, 0) is 48.7 Å². The fourth-order valence-electron chi connectivity index (χ4n) is 4.56. The number of fused-ring (bicyclic) bond motifs is 1. The van der Waals surface area contributed by atoms with Gasteiger partial charge in [-0.1, -0.05) is 37.1 Å². The molecule has 168 valence electrons. The number of nitrogens with one attached hydrogen (secondary N) is 1. The number of amides is 1. The van der Waals surface area contributed by atoms with Crippen molar-refractivity contribution in [3.8, 4) is 28.2 Å². The quantitative estimate of drug-likeness (QED) is 0.446. The van der Waals surface area contributed by atoms with Crippen LogP contribution in [0.15, 0.2) is 71.3 Å². The number of pyridine rings is 1. The van der Waals surface area contributed by atoms with Gasteiger partial charge in [-0.25, -0.2) is 0 Å². The number of furan rings is 1. The van der Waals surface area contributed by atoms with Gasteiger partial charge >= 0.3 is 0 Å². The second-order valence-corrected chi connectivity index (χ2v) is 8.49. The van der Waals surface area contributed by atoms with E-state index in [1.807, 2.05) is 60.7 Å². The van der Waals surface area contributed by atoms with E-state index >= 15 is 0 Å². The van der Waals surface area contributed by atoms with Crippen LogP contribution in [0.25, 0.3) is 33.6 Å². The lowest BCUT2D eigenvalue weighted by atomic mass is 9.91. The van der Waals surface area contributed by atoms with Crippen molar-refractivity contribution in [3.63, 3.8) is 0 Å². The van der Waals surface area contributed by atoms with E-state index in [9.17, 15) is 4.79 Å². The fourth-order valence-corrected chi connectivity index (χ4v) is 4.56. The van der Waals surface area contributed by atoms with E-state index in [1.54, 1.807) is 13.3 Å². The SMILES string of the molecule is COc1ccccc1-c1cc2nccc(-c3cccc(C(=O)NC4CCCCC4N)c3)c2o1. The van der Waals surface area contributed by atoms with Crippen LogP contribution in [0.3, 0.4) is 0 Å². The van der Waals surface area contributed by atoms with Crippen LogP contribution in [0.1, 0.15) is 36.0 Å². The maximum atomic E-state index is 12.9. The van der Waals surface area contributed by atoms with Crippen molar-refractivity contribution in [2.75, 3.05) is 7.11 Å². The van der Waals surface area contributed by atoms with Gasteiger partial charge < -0.3 is 20.2 Å². The molecule has 1 aliphatic carbocycles. The molecule has 1 saturated carbocycles. The lowest BCUT2D eigenvalue weighted by molar-refractivity contribution is 0.0921. The molecule has 2 atom stereocenters. The highest BCUT2D eigenvalue weighted by molar-refractivity contribution is 5.98. The van der Waals surface area contributed by atoms with Crippen molar-refractivity contribution in [2.45, 2.75) is 37.8 Å². The minimum atomic E-state index is -0.0985. The molecule has 2 heterocycles. The van der Waals surface area contributed by atoms with Crippen molar-refractivity contribution in [1.82, 2.24) is 10.3 Å². The maximum absolute atomic E-state index is 12.9. The van der Waals surface area contributed by atoms with Crippen molar-refractivity contribution in [2.24, 2.45) is 5.73 Å². The van der Waals surface area contributed by atoms with Crippen LogP contribution >= 0.6 is 0 Å². The van der Waals surface area contributed by atoms with Crippen molar-refractivity contribution >= 4 is 17.0 Å². The Morgan fingerprint density at radius 1 is 1.06 bits per heavy atom. The molecule has 4 aromatic rings. The first kappa shape index (κ1) is 21.2. The molecule has 0 saturated heterocycles. The number of nitrogens with two attached hydrogens (primary N) is 1. The Morgan fingerprint density at radius 3 is 2.76 bits per heavy atom. The molecule has 6 nitrogen and oxygen atoms in total. The van der Waals surface area contributed by atoms with Gasteiger partial charge in [-0.15, -0.1) is 0 Å². The third-order valence-electron chi connectivity index (χ3n) is 6.36. The number of hydrogen-bond acceptors (Lipinski definition) is 5. The number of nitrogens with zero attached hydrogens (tertiary/aromatic N) is 1. The topological polar surface area (TPSA) is 90.4 Å². The zero-order valence-electron chi connectivity index (χ0n) is 18.6. The fraction of sp³-hybridized carbons (Fsp3) is 0.259. The summed E-state index contributed by atoms with van der Waals surface area (Å²) in [4.78, 5) is 17.4. The molecule has 2 unspecified atom stereocenters. The predicted molar refractivity (Wildman–Crippen MR) is 129 cm³/mol. The molecule has 3 N–H and O–H groups in total. The van der Waals surface area contributed by atoms with Gasteiger partial charge in [0.2, 0.25) is 0 Å². The van der Waals surface area contributed by atoms with Crippen molar-refractivity contribution < 1.29 is 13.9 Å². The molecular formula is C27H27N3O3. The van der Waals surface area contributed by atoms with Crippen molar-refractivity contribution in [1.29, 1.82) is 0 Å². The Labute approximate surface area is 192 Å². The van der Waals surface area contributed by atoms with E-state index in [0.29, 0.717) is 16.9 Å². The van der Waals surface area contributed by atoms with Crippen LogP contribution in [0, 0.1) is 0 Å². The van der Waals surface area contributed by atoms with Gasteiger partial charge in [0, 0.05) is 35.5 Å². The third-order valence-corrected chi connectivity index (χ3v) is 6.36. The number of aromatic nitrogens is 1. The molecule has 0 radical (unpaired) electrons. The Kier molecular flexibility index (Phi) is 5.84. The highest BCUT2D eigenvalue weighted by Crippen LogP contribution is 2.37. The van der Waals surface area contributed by atoms with Crippen LogP contribution in [-0.2, 0) is 0 Å². The van der Waals surface area contributed by atoms with Crippen LogP contribution in [0.4, 0.5) is 0 Å². The lowest BCUT2D eigenvalue weighted by Gasteiger charge is -2.29. The van der Waals surface area contributed by atoms with E-state index in [2.05, 4.69) is 10.3 Å². The molecule has 1 aliphatic rings. The van der Waals surface area contributed by atoms with Crippen LogP contribution in [-0.4, -0.2) is 30.1 Å². The van der Waals surface area contributed by atoms with Crippen LogP contribution < -0.4 is 15.8 Å². The smallest absolute Gasteiger partial charge is 0.251 e. The van der Waals surface area contributed by atoms with Crippen molar-refractivity contribution in [3.05, 3.63) is 72.4 Å². The summed E-state index contributed by atoms with van der Waals surface area (Å²) in [6.07, 6.45) is 5.86. The average molecular weight is 442 g/mol. The number of hydrogen-bond donors (Lipinski definition) is 2. The Morgan fingerprint density at radius 2 is 1.91 bits per heavy atom. The molecule has 1 amide bonds. The highest BCUT2D eigenvalue weighted by atomic mass is 16.5. The number of methoxy groups -OCH3 is 1. The number of rotatable bonds is 5. The standard InChI is InChI=1S/C27H27N3O3/c1-32-24-12-5-2-9-20(24)25-16-23-26(33-25)19(13-14-29-23)17-7-6-8-18(15-17)27(31)30-22-11-4-3-10-21(22)28/h2,5-9,12-16,21-22H,3-4,10-11,28H2,1H3,(H,30,31). The Hall–Kier alpha value is -3.64. The largest absolute Gasteiger partial charge is 0.496 e. The first-order valence-corrected chi connectivity index (χ1v) is 11.3. The summed E-state index contributed by atoms with van der Waals surface area (Å²) in [6, 6.07) is 19.2. The van der Waals surface area contributed by atoms with Gasteiger partial charge in [-0.3, -0.25) is 9.78 Å². The summed E-state index contributed by atoms with van der Waals surface area (Å²) < 4.78 is 11.7. The summed E-state index contributed by atoms with van der Waals surface area (Å²) in [5.41, 5.74) is 10.9.